The summed E-state index contributed by atoms with van der Waals surface area (Å²) in [5.41, 5.74) is 0.942. The lowest BCUT2D eigenvalue weighted by atomic mass is 9.90. The van der Waals surface area contributed by atoms with Gasteiger partial charge < -0.3 is 9.26 Å². The van der Waals surface area contributed by atoms with Gasteiger partial charge in [-0.25, -0.2) is 9.37 Å². The number of esters is 1. The molecule has 0 aliphatic rings. The molecule has 4 aromatic rings. The second-order valence-corrected chi connectivity index (χ2v) is 9.15. The number of hydrogen-bond acceptors (Lipinski definition) is 8. The van der Waals surface area contributed by atoms with Gasteiger partial charge in [-0.2, -0.15) is 5.10 Å². The highest BCUT2D eigenvalue weighted by Gasteiger charge is 2.36. The molecule has 0 atom stereocenters. The van der Waals surface area contributed by atoms with Crippen molar-refractivity contribution < 1.29 is 18.4 Å². The van der Waals surface area contributed by atoms with Crippen LogP contribution in [-0.2, 0) is 21.5 Å². The Labute approximate surface area is 212 Å². The molecule has 3 heterocycles. The van der Waals surface area contributed by atoms with Gasteiger partial charge in [-0.3, -0.25) is 9.48 Å². The number of carbonyl (C=O) groups excluding carboxylic acids is 1. The van der Waals surface area contributed by atoms with Crippen LogP contribution in [0.25, 0.3) is 22.9 Å². The molecule has 0 saturated carbocycles. The van der Waals surface area contributed by atoms with E-state index in [0.717, 1.165) is 19.3 Å². The first kappa shape index (κ1) is 25.4. The lowest BCUT2D eigenvalue weighted by Gasteiger charge is -2.22. The Morgan fingerprint density at radius 2 is 1.97 bits per heavy atom. The van der Waals surface area contributed by atoms with Gasteiger partial charge in [0, 0.05) is 11.6 Å². The minimum Gasteiger partial charge on any atom is -0.465 e. The molecule has 0 saturated heterocycles. The van der Waals surface area contributed by atoms with Crippen molar-refractivity contribution in [2.45, 2.75) is 52.0 Å². The van der Waals surface area contributed by atoms with Gasteiger partial charge >= 0.3 is 5.97 Å². The van der Waals surface area contributed by atoms with E-state index >= 15 is 0 Å². The Morgan fingerprint density at radius 1 is 1.17 bits per heavy atom. The van der Waals surface area contributed by atoms with E-state index in [-0.39, 0.29) is 29.0 Å². The molecule has 1 aromatic carbocycles. The van der Waals surface area contributed by atoms with E-state index in [1.165, 1.54) is 12.3 Å². The molecule has 0 spiro atoms. The summed E-state index contributed by atoms with van der Waals surface area (Å²) < 4.78 is 26.3. The summed E-state index contributed by atoms with van der Waals surface area (Å²) in [5.74, 6) is -0.658. The normalized spacial score (nSPS) is 11.6. The van der Waals surface area contributed by atoms with Gasteiger partial charge in [-0.15, -0.1) is 10.2 Å². The molecule has 0 aliphatic heterocycles. The average molecular weight is 513 g/mol. The number of unbranched alkanes of at least 4 members (excludes halogenated alkanes) is 2. The molecule has 11 heteroatoms. The highest BCUT2D eigenvalue weighted by molar-refractivity contribution is 6.30. The number of hydrogen-bond donors (Lipinski definition) is 0. The second-order valence-electron chi connectivity index (χ2n) is 8.79. The van der Waals surface area contributed by atoms with Crippen molar-refractivity contribution >= 4 is 17.6 Å². The number of halogens is 2. The first-order valence-electron chi connectivity index (χ1n) is 11.6. The third-order valence-corrected chi connectivity index (χ3v) is 5.98. The van der Waals surface area contributed by atoms with E-state index in [0.29, 0.717) is 29.3 Å². The maximum atomic E-state index is 14.3. The number of aromatic nitrogens is 6. The summed E-state index contributed by atoms with van der Waals surface area (Å²) in [6.45, 7) is 5.88. The minimum absolute atomic E-state index is 0.0159. The lowest BCUT2D eigenvalue weighted by Crippen LogP contribution is -2.33. The molecule has 188 valence electrons. The van der Waals surface area contributed by atoms with Crippen LogP contribution in [0.4, 0.5) is 4.39 Å². The fourth-order valence-corrected chi connectivity index (χ4v) is 3.93. The van der Waals surface area contributed by atoms with Gasteiger partial charge in [0.05, 0.1) is 18.8 Å². The maximum absolute atomic E-state index is 14.3. The summed E-state index contributed by atoms with van der Waals surface area (Å²) in [7, 11) is 0. The topological polar surface area (TPSA) is 109 Å². The zero-order valence-electron chi connectivity index (χ0n) is 20.2. The Kier molecular flexibility index (Phi) is 7.73. The molecule has 36 heavy (non-hydrogen) atoms. The van der Waals surface area contributed by atoms with Gasteiger partial charge in [0.25, 0.3) is 0 Å². The first-order valence-corrected chi connectivity index (χ1v) is 12.0. The Balaban J connectivity index is 1.63. The van der Waals surface area contributed by atoms with Gasteiger partial charge in [-0.05, 0) is 32.4 Å². The van der Waals surface area contributed by atoms with Crippen LogP contribution in [0.15, 0.2) is 47.2 Å². The van der Waals surface area contributed by atoms with Crippen LogP contribution in [0.5, 0.6) is 0 Å². The summed E-state index contributed by atoms with van der Waals surface area (Å²) in [6.07, 6.45) is 4.23. The molecule has 0 bridgehead atoms. The molecule has 0 N–H and O–H groups in total. The van der Waals surface area contributed by atoms with Crippen molar-refractivity contribution in [2.24, 2.45) is 0 Å². The van der Waals surface area contributed by atoms with E-state index in [4.69, 9.17) is 20.9 Å². The largest absolute Gasteiger partial charge is 0.465 e. The van der Waals surface area contributed by atoms with Crippen LogP contribution in [0, 0.1) is 5.82 Å². The Morgan fingerprint density at radius 3 is 2.67 bits per heavy atom. The molecular formula is C25H26ClFN6O3. The predicted molar refractivity (Wildman–Crippen MR) is 131 cm³/mol. The smallest absolute Gasteiger partial charge is 0.317 e. The van der Waals surface area contributed by atoms with Crippen LogP contribution in [0.3, 0.4) is 0 Å². The summed E-state index contributed by atoms with van der Waals surface area (Å²) in [6, 6.07) is 9.80. The molecule has 4 rings (SSSR count). The lowest BCUT2D eigenvalue weighted by molar-refractivity contribution is -0.149. The third kappa shape index (κ3) is 5.43. The molecule has 9 nitrogen and oxygen atoms in total. The monoisotopic (exact) mass is 512 g/mol. The van der Waals surface area contributed by atoms with Crippen LogP contribution in [0.1, 0.15) is 51.3 Å². The molecule has 0 aliphatic carbocycles. The quantitative estimate of drug-likeness (QED) is 0.209. The molecule has 0 radical (unpaired) electrons. The zero-order valence-corrected chi connectivity index (χ0v) is 21.0. The molecule has 0 fully saturated rings. The van der Waals surface area contributed by atoms with Crippen LogP contribution >= 0.6 is 11.6 Å². The van der Waals surface area contributed by atoms with Crippen LogP contribution in [-0.4, -0.2) is 42.7 Å². The number of carbonyl (C=O) groups is 1. The van der Waals surface area contributed by atoms with Crippen molar-refractivity contribution in [3.8, 4) is 22.9 Å². The second kappa shape index (κ2) is 10.9. The van der Waals surface area contributed by atoms with Crippen molar-refractivity contribution in [3.05, 3.63) is 64.9 Å². The van der Waals surface area contributed by atoms with Crippen molar-refractivity contribution in [2.75, 3.05) is 6.61 Å². The summed E-state index contributed by atoms with van der Waals surface area (Å²) in [5, 5.41) is 16.9. The van der Waals surface area contributed by atoms with E-state index in [1.54, 1.807) is 48.9 Å². The highest BCUT2D eigenvalue weighted by Crippen LogP contribution is 2.30. The molecule has 0 amide bonds. The molecular weight excluding hydrogens is 487 g/mol. The number of ether oxygens (including phenoxy) is 1. The average Bonchev–Trinajstić information content (AvgIpc) is 3.53. The predicted octanol–water partition coefficient (Wildman–Crippen LogP) is 5.24. The fourth-order valence-electron chi connectivity index (χ4n) is 3.58. The number of benzene rings is 1. The van der Waals surface area contributed by atoms with Crippen LogP contribution < -0.4 is 0 Å². The van der Waals surface area contributed by atoms with Crippen molar-refractivity contribution in [1.29, 1.82) is 0 Å². The summed E-state index contributed by atoms with van der Waals surface area (Å²) >= 11 is 6.46. The van der Waals surface area contributed by atoms with Crippen LogP contribution in [0.2, 0.25) is 5.15 Å². The van der Waals surface area contributed by atoms with Gasteiger partial charge in [0.2, 0.25) is 5.82 Å². The number of nitrogens with zero attached hydrogens (tertiary/aromatic N) is 6. The molecule has 0 unspecified atom stereocenters. The summed E-state index contributed by atoms with van der Waals surface area (Å²) in [4.78, 5) is 17.0. The maximum Gasteiger partial charge on any atom is 0.317 e. The van der Waals surface area contributed by atoms with Gasteiger partial charge in [-0.1, -0.05) is 54.7 Å². The first-order chi connectivity index (χ1) is 17.3. The number of rotatable bonds is 10. The Bertz CT molecular complexity index is 1340. The van der Waals surface area contributed by atoms with Gasteiger partial charge in [0.1, 0.15) is 34.6 Å². The highest BCUT2D eigenvalue weighted by atomic mass is 35.5. The minimum atomic E-state index is -1.14. The van der Waals surface area contributed by atoms with E-state index in [2.05, 4.69) is 32.4 Å². The molecule has 3 aromatic heterocycles. The fraction of sp³-hybridized carbons (Fsp3) is 0.360. The third-order valence-electron chi connectivity index (χ3n) is 5.71. The van der Waals surface area contributed by atoms with Crippen molar-refractivity contribution in [1.82, 2.24) is 30.1 Å². The standard InChI is InChI=1S/C25H26ClFN6O3/c1-4-5-8-12-35-24(34)25(2,3)21-22(26)28-23(30-29-21)19-14-20(18-11-13-36-32-18)33(31-19)15-16-9-6-7-10-17(16)27/h6-7,9-11,13-14H,4-5,8,12,15H2,1-3H3. The van der Waals surface area contributed by atoms with E-state index in [9.17, 15) is 9.18 Å². The zero-order chi connectivity index (χ0) is 25.7. The Hall–Kier alpha value is -3.66. The SMILES string of the molecule is CCCCCOC(=O)C(C)(C)c1nnc(-c2cc(-c3ccon3)n(Cc3ccccc3F)n2)nc1Cl. The van der Waals surface area contributed by atoms with Gasteiger partial charge in [0.15, 0.2) is 5.15 Å². The van der Waals surface area contributed by atoms with E-state index in [1.807, 2.05) is 0 Å². The van der Waals surface area contributed by atoms with Crippen molar-refractivity contribution in [3.63, 3.8) is 0 Å². The van der Waals surface area contributed by atoms with E-state index < -0.39 is 11.4 Å².